The van der Waals surface area contributed by atoms with Gasteiger partial charge in [0.1, 0.15) is 0 Å². The molecular formula is C45H31N4S+. The van der Waals surface area contributed by atoms with E-state index in [4.69, 9.17) is 9.98 Å². The molecule has 4 nitrogen and oxygen atoms in total. The lowest BCUT2D eigenvalue weighted by Gasteiger charge is -2.19. The van der Waals surface area contributed by atoms with Crippen LogP contribution >= 0.6 is 11.3 Å². The molecule has 0 radical (unpaired) electrons. The fourth-order valence-corrected chi connectivity index (χ4v) is 8.62. The highest BCUT2D eigenvalue weighted by Crippen LogP contribution is 2.41. The van der Waals surface area contributed by atoms with Crippen LogP contribution in [-0.4, -0.2) is 16.2 Å². The first-order valence-corrected chi connectivity index (χ1v) is 17.8. The maximum absolute atomic E-state index is 5.13. The number of quaternary nitrogens is 1. The number of para-hydroxylation sites is 1. The second-order valence-corrected chi connectivity index (χ2v) is 13.8. The van der Waals surface area contributed by atoms with Gasteiger partial charge in [-0.05, 0) is 71.8 Å². The lowest BCUT2D eigenvalue weighted by atomic mass is 10.0. The van der Waals surface area contributed by atoms with Crippen molar-refractivity contribution in [3.05, 3.63) is 187 Å². The largest absolute Gasteiger partial charge is 0.309 e. The standard InChI is InChI=1S/C45H30N4S/c1-3-12-29(13-4-1)43-46-44(30-14-5-2-6-15-30)48-45(47-43)31-22-25-33(26-23-31)49-39-20-9-7-16-35(39)38-28-32(24-27-40(38)49)34-18-11-19-37-36-17-8-10-21-41(36)50-42(34)37/h1-28,43H,(H,46,47,48)/p+1. The first-order chi connectivity index (χ1) is 24.8. The van der Waals surface area contributed by atoms with Crippen molar-refractivity contribution >= 4 is 65.0 Å². The van der Waals surface area contributed by atoms with Gasteiger partial charge in [0, 0.05) is 47.8 Å². The van der Waals surface area contributed by atoms with Gasteiger partial charge in [0.2, 0.25) is 12.0 Å². The highest BCUT2D eigenvalue weighted by atomic mass is 32.1. The number of rotatable bonds is 5. The molecule has 0 saturated heterocycles. The summed E-state index contributed by atoms with van der Waals surface area (Å²) in [7, 11) is 0. The summed E-state index contributed by atoms with van der Waals surface area (Å²) in [5, 5.41) is 7.30. The van der Waals surface area contributed by atoms with E-state index < -0.39 is 0 Å². The van der Waals surface area contributed by atoms with E-state index in [1.165, 1.54) is 53.1 Å². The number of nitrogens with two attached hydrogens (primary N) is 1. The SMILES string of the molecule is c1ccc(C2=NC(c3ccc(-n4c5ccccc5c5cc(-c6cccc7c6sc6ccccc67)ccc54)cc3)=NC(c3ccccc3)[NH2+]2)cc1. The van der Waals surface area contributed by atoms with Crippen LogP contribution in [0.5, 0.6) is 0 Å². The number of aromatic nitrogens is 1. The maximum atomic E-state index is 5.13. The lowest BCUT2D eigenvalue weighted by Crippen LogP contribution is -2.89. The van der Waals surface area contributed by atoms with Crippen molar-refractivity contribution < 1.29 is 5.32 Å². The molecule has 10 rings (SSSR count). The average molecular weight is 660 g/mol. The van der Waals surface area contributed by atoms with E-state index in [2.05, 4.69) is 168 Å². The average Bonchev–Trinajstić information content (AvgIpc) is 3.74. The molecule has 5 heteroatoms. The molecule has 9 aromatic rings. The topological polar surface area (TPSA) is 46.3 Å². The Morgan fingerprint density at radius 2 is 1.20 bits per heavy atom. The third-order valence-corrected chi connectivity index (χ3v) is 11.0. The van der Waals surface area contributed by atoms with Crippen molar-refractivity contribution in [1.82, 2.24) is 4.57 Å². The number of hydrogen-bond donors (Lipinski definition) is 1. The van der Waals surface area contributed by atoms with Crippen LogP contribution in [0.2, 0.25) is 0 Å². The maximum Gasteiger partial charge on any atom is 0.235 e. The number of aliphatic imine (C=N–C) groups is 2. The smallest absolute Gasteiger partial charge is 0.235 e. The van der Waals surface area contributed by atoms with E-state index in [0.29, 0.717) is 0 Å². The van der Waals surface area contributed by atoms with Gasteiger partial charge in [0.25, 0.3) is 0 Å². The van der Waals surface area contributed by atoms with Gasteiger partial charge in [-0.3, -0.25) is 5.32 Å². The summed E-state index contributed by atoms with van der Waals surface area (Å²) in [6, 6.07) is 60.6. The van der Waals surface area contributed by atoms with Gasteiger partial charge >= 0.3 is 0 Å². The molecule has 0 fully saturated rings. The predicted octanol–water partition coefficient (Wildman–Crippen LogP) is 10.3. The highest BCUT2D eigenvalue weighted by molar-refractivity contribution is 7.26. The van der Waals surface area contributed by atoms with E-state index in [1.54, 1.807) is 0 Å². The molecular weight excluding hydrogens is 629 g/mol. The van der Waals surface area contributed by atoms with Crippen molar-refractivity contribution in [2.75, 3.05) is 0 Å². The van der Waals surface area contributed by atoms with Crippen molar-refractivity contribution in [3.8, 4) is 16.8 Å². The van der Waals surface area contributed by atoms with Crippen LogP contribution < -0.4 is 5.32 Å². The van der Waals surface area contributed by atoms with Crippen LogP contribution in [0.15, 0.2) is 180 Å². The fourth-order valence-electron chi connectivity index (χ4n) is 7.38. The van der Waals surface area contributed by atoms with Crippen LogP contribution in [0.25, 0.3) is 58.8 Å². The van der Waals surface area contributed by atoms with Gasteiger partial charge in [-0.25, -0.2) is 4.99 Å². The number of nitrogens with zero attached hydrogens (tertiary/aromatic N) is 3. The van der Waals surface area contributed by atoms with Gasteiger partial charge in [-0.1, -0.05) is 109 Å². The molecule has 0 saturated carbocycles. The van der Waals surface area contributed by atoms with Gasteiger partial charge in [0.05, 0.1) is 16.6 Å². The quantitative estimate of drug-likeness (QED) is 0.191. The highest BCUT2D eigenvalue weighted by Gasteiger charge is 2.25. The second-order valence-electron chi connectivity index (χ2n) is 12.7. The first-order valence-electron chi connectivity index (χ1n) is 16.9. The molecule has 1 aliphatic heterocycles. The van der Waals surface area contributed by atoms with Crippen molar-refractivity contribution in [3.63, 3.8) is 0 Å². The number of benzene rings is 7. The summed E-state index contributed by atoms with van der Waals surface area (Å²) in [6.07, 6.45) is -0.108. The summed E-state index contributed by atoms with van der Waals surface area (Å²) in [6.45, 7) is 0. The molecule has 50 heavy (non-hydrogen) atoms. The molecule has 2 N–H and O–H groups in total. The molecule has 1 aliphatic rings. The minimum Gasteiger partial charge on any atom is -0.309 e. The zero-order valence-electron chi connectivity index (χ0n) is 27.1. The van der Waals surface area contributed by atoms with Crippen LogP contribution in [-0.2, 0) is 0 Å². The summed E-state index contributed by atoms with van der Waals surface area (Å²) in [4.78, 5) is 10.2. The van der Waals surface area contributed by atoms with Gasteiger partial charge in [-0.15, -0.1) is 11.3 Å². The minimum absolute atomic E-state index is 0.108. The van der Waals surface area contributed by atoms with Gasteiger partial charge in [-0.2, -0.15) is 4.99 Å². The second kappa shape index (κ2) is 11.8. The first kappa shape index (κ1) is 28.8. The van der Waals surface area contributed by atoms with E-state index in [9.17, 15) is 0 Å². The zero-order chi connectivity index (χ0) is 33.0. The Morgan fingerprint density at radius 1 is 0.520 bits per heavy atom. The van der Waals surface area contributed by atoms with Crippen LogP contribution in [0.3, 0.4) is 0 Å². The zero-order valence-corrected chi connectivity index (χ0v) is 27.9. The van der Waals surface area contributed by atoms with E-state index in [1.807, 2.05) is 23.5 Å². The summed E-state index contributed by atoms with van der Waals surface area (Å²) >= 11 is 1.88. The Kier molecular flexibility index (Phi) is 6.79. The monoisotopic (exact) mass is 659 g/mol. The van der Waals surface area contributed by atoms with Crippen LogP contribution in [0.1, 0.15) is 22.9 Å². The Morgan fingerprint density at radius 3 is 2.04 bits per heavy atom. The third-order valence-electron chi connectivity index (χ3n) is 9.79. The molecule has 236 valence electrons. The summed E-state index contributed by atoms with van der Waals surface area (Å²) in [5.41, 5.74) is 9.23. The summed E-state index contributed by atoms with van der Waals surface area (Å²) < 4.78 is 5.04. The molecule has 1 atom stereocenters. The van der Waals surface area contributed by atoms with Gasteiger partial charge in [0.15, 0.2) is 5.84 Å². The number of amidine groups is 2. The van der Waals surface area contributed by atoms with Crippen molar-refractivity contribution in [2.45, 2.75) is 6.17 Å². The molecule has 0 aliphatic carbocycles. The van der Waals surface area contributed by atoms with E-state index in [0.717, 1.165) is 34.0 Å². The number of fused-ring (bicyclic) bond motifs is 6. The Bertz CT molecular complexity index is 2770. The molecule has 2 aromatic heterocycles. The fraction of sp³-hybridized carbons (Fsp3) is 0.0222. The third kappa shape index (κ3) is 4.78. The Balaban J connectivity index is 1.07. The van der Waals surface area contributed by atoms with Crippen LogP contribution in [0.4, 0.5) is 0 Å². The molecule has 0 spiro atoms. The summed E-state index contributed by atoms with van der Waals surface area (Å²) in [5.74, 6) is 1.69. The number of thiophene rings is 1. The molecule has 1 unspecified atom stereocenters. The predicted molar refractivity (Wildman–Crippen MR) is 210 cm³/mol. The van der Waals surface area contributed by atoms with E-state index in [-0.39, 0.29) is 6.17 Å². The van der Waals surface area contributed by atoms with E-state index >= 15 is 0 Å². The minimum atomic E-state index is -0.108. The molecule has 7 aromatic carbocycles. The Hall–Kier alpha value is -6.14. The number of hydrogen-bond acceptors (Lipinski definition) is 3. The molecule has 0 amide bonds. The Labute approximate surface area is 293 Å². The van der Waals surface area contributed by atoms with Crippen LogP contribution in [0, 0.1) is 0 Å². The normalized spacial score (nSPS) is 14.8. The molecule has 3 heterocycles. The molecule has 0 bridgehead atoms. The lowest BCUT2D eigenvalue weighted by molar-refractivity contribution is -0.586. The van der Waals surface area contributed by atoms with Crippen molar-refractivity contribution in [1.29, 1.82) is 0 Å². The van der Waals surface area contributed by atoms with Gasteiger partial charge < -0.3 is 4.57 Å². The van der Waals surface area contributed by atoms with Crippen molar-refractivity contribution in [2.24, 2.45) is 9.98 Å².